The van der Waals surface area contributed by atoms with Crippen molar-refractivity contribution in [2.75, 3.05) is 13.1 Å². The molecule has 0 unspecified atom stereocenters. The van der Waals surface area contributed by atoms with E-state index in [4.69, 9.17) is 5.11 Å². The monoisotopic (exact) mass is 211 g/mol. The van der Waals surface area contributed by atoms with Crippen molar-refractivity contribution >= 4 is 5.97 Å². The van der Waals surface area contributed by atoms with Gasteiger partial charge >= 0.3 is 35.5 Å². The van der Waals surface area contributed by atoms with E-state index in [1.54, 1.807) is 0 Å². The average Bonchev–Trinajstić information content (AvgIpc) is 2.09. The van der Waals surface area contributed by atoms with Gasteiger partial charge in [0, 0.05) is 0 Å². The second-order valence-electron chi connectivity index (χ2n) is 3.34. The van der Waals surface area contributed by atoms with E-state index in [0.29, 0.717) is 0 Å². The molecule has 80 valence electrons. The van der Waals surface area contributed by atoms with Crippen LogP contribution in [0.15, 0.2) is 0 Å². The first kappa shape index (κ1) is 16.8. The van der Waals surface area contributed by atoms with Crippen molar-refractivity contribution in [2.24, 2.45) is 0 Å². The minimum Gasteiger partial charge on any atom is -1.00 e. The SMILES string of the molecule is CCCCCCCCNCC(=O)O.[H-].[Na+]. The summed E-state index contributed by atoms with van der Waals surface area (Å²) in [5.41, 5.74) is 0. The Morgan fingerprint density at radius 1 is 1.21 bits per heavy atom. The van der Waals surface area contributed by atoms with E-state index in [9.17, 15) is 4.79 Å². The van der Waals surface area contributed by atoms with Crippen molar-refractivity contribution < 1.29 is 40.9 Å². The molecule has 2 N–H and O–H groups in total. The van der Waals surface area contributed by atoms with Crippen LogP contribution in [-0.2, 0) is 4.79 Å². The topological polar surface area (TPSA) is 49.3 Å². The van der Waals surface area contributed by atoms with Gasteiger partial charge in [-0.3, -0.25) is 4.79 Å². The number of aliphatic carboxylic acids is 1. The molecular weight excluding hydrogens is 189 g/mol. The molecule has 14 heavy (non-hydrogen) atoms. The average molecular weight is 211 g/mol. The molecule has 0 aliphatic rings. The van der Waals surface area contributed by atoms with Crippen LogP contribution in [0.2, 0.25) is 0 Å². The van der Waals surface area contributed by atoms with Gasteiger partial charge in [0.05, 0.1) is 6.54 Å². The van der Waals surface area contributed by atoms with Crippen molar-refractivity contribution in [3.8, 4) is 0 Å². The molecule has 0 radical (unpaired) electrons. The largest absolute Gasteiger partial charge is 1.00 e. The normalized spacial score (nSPS) is 9.50. The number of nitrogens with one attached hydrogen (secondary N) is 1. The van der Waals surface area contributed by atoms with Gasteiger partial charge in [0.1, 0.15) is 0 Å². The maximum Gasteiger partial charge on any atom is 1.00 e. The Labute approximate surface area is 110 Å². The number of carbonyl (C=O) groups is 1. The van der Waals surface area contributed by atoms with Crippen molar-refractivity contribution in [3.05, 3.63) is 0 Å². The van der Waals surface area contributed by atoms with Crippen molar-refractivity contribution in [2.45, 2.75) is 45.4 Å². The minimum atomic E-state index is -0.772. The fourth-order valence-corrected chi connectivity index (χ4v) is 1.23. The molecule has 0 saturated heterocycles. The van der Waals surface area contributed by atoms with Gasteiger partial charge in [-0.1, -0.05) is 39.0 Å². The van der Waals surface area contributed by atoms with Crippen LogP contribution in [0.4, 0.5) is 0 Å². The molecule has 0 rings (SSSR count). The smallest absolute Gasteiger partial charge is 1.00 e. The van der Waals surface area contributed by atoms with E-state index in [2.05, 4.69) is 12.2 Å². The summed E-state index contributed by atoms with van der Waals surface area (Å²) in [5, 5.41) is 11.2. The zero-order valence-corrected chi connectivity index (χ0v) is 11.5. The van der Waals surface area contributed by atoms with E-state index in [1.807, 2.05) is 0 Å². The fourth-order valence-electron chi connectivity index (χ4n) is 1.23. The summed E-state index contributed by atoms with van der Waals surface area (Å²) in [4.78, 5) is 10.1. The Kier molecular flexibility index (Phi) is 16.2. The third-order valence-electron chi connectivity index (χ3n) is 1.98. The Balaban J connectivity index is -0.000000720. The van der Waals surface area contributed by atoms with Gasteiger partial charge in [0.2, 0.25) is 0 Å². The first-order valence-corrected chi connectivity index (χ1v) is 5.20. The van der Waals surface area contributed by atoms with E-state index >= 15 is 0 Å². The third kappa shape index (κ3) is 14.9. The Bertz CT molecular complexity index is 137. The van der Waals surface area contributed by atoms with Crippen LogP contribution < -0.4 is 34.9 Å². The third-order valence-corrected chi connectivity index (χ3v) is 1.98. The molecular formula is C10H22NNaO2. The van der Waals surface area contributed by atoms with Gasteiger partial charge in [0.15, 0.2) is 0 Å². The van der Waals surface area contributed by atoms with E-state index < -0.39 is 5.97 Å². The van der Waals surface area contributed by atoms with Crippen molar-refractivity contribution in [1.82, 2.24) is 5.32 Å². The van der Waals surface area contributed by atoms with Crippen LogP contribution in [-0.4, -0.2) is 24.2 Å². The van der Waals surface area contributed by atoms with E-state index in [0.717, 1.165) is 13.0 Å². The Morgan fingerprint density at radius 3 is 2.36 bits per heavy atom. The molecule has 0 aromatic carbocycles. The number of carboxylic acid groups (broad SMARTS) is 1. The summed E-state index contributed by atoms with van der Waals surface area (Å²) >= 11 is 0. The van der Waals surface area contributed by atoms with Gasteiger partial charge < -0.3 is 11.8 Å². The van der Waals surface area contributed by atoms with Crippen LogP contribution in [0.5, 0.6) is 0 Å². The van der Waals surface area contributed by atoms with Crippen molar-refractivity contribution in [3.63, 3.8) is 0 Å². The zero-order valence-electron chi connectivity index (χ0n) is 10.5. The van der Waals surface area contributed by atoms with E-state index in [-0.39, 0.29) is 37.5 Å². The molecule has 4 heteroatoms. The second kappa shape index (κ2) is 13.4. The summed E-state index contributed by atoms with van der Waals surface area (Å²) in [6.45, 7) is 3.13. The molecule has 0 atom stereocenters. The van der Waals surface area contributed by atoms with Gasteiger partial charge in [-0.15, -0.1) is 0 Å². The van der Waals surface area contributed by atoms with E-state index in [1.165, 1.54) is 32.1 Å². The van der Waals surface area contributed by atoms with Gasteiger partial charge in [-0.2, -0.15) is 0 Å². The predicted octanol–water partition coefficient (Wildman–Crippen LogP) is -0.862. The van der Waals surface area contributed by atoms with Crippen LogP contribution in [0, 0.1) is 0 Å². The summed E-state index contributed by atoms with van der Waals surface area (Å²) in [5.74, 6) is -0.772. The number of unbranched alkanes of at least 4 members (excludes halogenated alkanes) is 5. The molecule has 0 aliphatic carbocycles. The molecule has 0 aromatic heterocycles. The summed E-state index contributed by atoms with van der Waals surface area (Å²) < 4.78 is 0. The first-order valence-electron chi connectivity index (χ1n) is 5.20. The van der Waals surface area contributed by atoms with Gasteiger partial charge in [-0.05, 0) is 13.0 Å². The number of hydrogen-bond acceptors (Lipinski definition) is 2. The quantitative estimate of drug-likeness (QED) is 0.385. The molecule has 0 fully saturated rings. The summed E-state index contributed by atoms with van der Waals surface area (Å²) in [7, 11) is 0. The molecule has 0 amide bonds. The van der Waals surface area contributed by atoms with Gasteiger partial charge in [-0.25, -0.2) is 0 Å². The van der Waals surface area contributed by atoms with Crippen LogP contribution in [0.1, 0.15) is 46.9 Å². The molecule has 0 aromatic rings. The van der Waals surface area contributed by atoms with Gasteiger partial charge in [0.25, 0.3) is 0 Å². The molecule has 0 spiro atoms. The molecule has 0 bridgehead atoms. The fraction of sp³-hybridized carbons (Fsp3) is 0.900. The second-order valence-corrected chi connectivity index (χ2v) is 3.34. The van der Waals surface area contributed by atoms with Crippen LogP contribution in [0.3, 0.4) is 0 Å². The van der Waals surface area contributed by atoms with Crippen LogP contribution in [0.25, 0.3) is 0 Å². The minimum absolute atomic E-state index is 0. The summed E-state index contributed by atoms with van der Waals surface area (Å²) in [6, 6.07) is 0. The number of carboxylic acids is 1. The molecule has 0 aliphatic heterocycles. The maximum atomic E-state index is 10.1. The maximum absolute atomic E-state index is 10.1. The Hall–Kier alpha value is 0.430. The summed E-state index contributed by atoms with van der Waals surface area (Å²) in [6.07, 6.45) is 7.50. The molecule has 0 heterocycles. The predicted molar refractivity (Wildman–Crippen MR) is 55.0 cm³/mol. The zero-order chi connectivity index (χ0) is 9.94. The number of hydrogen-bond donors (Lipinski definition) is 2. The van der Waals surface area contributed by atoms with Crippen molar-refractivity contribution in [1.29, 1.82) is 0 Å². The molecule has 0 saturated carbocycles. The first-order chi connectivity index (χ1) is 6.27. The molecule has 3 nitrogen and oxygen atoms in total. The number of rotatable bonds is 9. The standard InChI is InChI=1S/C10H21NO2.Na.H/c1-2-3-4-5-6-7-8-11-9-10(12)13;;/h11H,2-9H2,1H3,(H,12,13);;/q;+1;-1. The Morgan fingerprint density at radius 2 is 1.79 bits per heavy atom. The van der Waals surface area contributed by atoms with Crippen LogP contribution >= 0.6 is 0 Å².